The van der Waals surface area contributed by atoms with Gasteiger partial charge in [0.25, 0.3) is 10.2 Å². The molecule has 1 fully saturated rings. The van der Waals surface area contributed by atoms with Crippen molar-refractivity contribution in [2.24, 2.45) is 0 Å². The molecule has 0 amide bonds. The molecule has 15 heavy (non-hydrogen) atoms. The fourth-order valence-electron chi connectivity index (χ4n) is 1.61. The molecule has 0 aromatic heterocycles. The predicted molar refractivity (Wildman–Crippen MR) is 58.7 cm³/mol. The molecule has 0 unspecified atom stereocenters. The van der Waals surface area contributed by atoms with Crippen molar-refractivity contribution in [1.82, 2.24) is 8.61 Å². The molecule has 0 aromatic carbocycles. The molecule has 1 aliphatic rings. The molecule has 0 aliphatic carbocycles. The van der Waals surface area contributed by atoms with E-state index in [0.29, 0.717) is 19.5 Å². The van der Waals surface area contributed by atoms with Gasteiger partial charge in [-0.3, -0.25) is 0 Å². The quantitative estimate of drug-likeness (QED) is 0.732. The highest BCUT2D eigenvalue weighted by molar-refractivity contribution is 7.86. The van der Waals surface area contributed by atoms with Gasteiger partial charge in [0.2, 0.25) is 0 Å². The van der Waals surface area contributed by atoms with Crippen LogP contribution in [0.25, 0.3) is 0 Å². The SMILES string of the molecule is CCCCN(C)S(=O)(=O)N1CC[C@H](O)C1. The van der Waals surface area contributed by atoms with Gasteiger partial charge in [0.15, 0.2) is 0 Å². The second-order valence-electron chi connectivity index (χ2n) is 3.98. The van der Waals surface area contributed by atoms with E-state index in [9.17, 15) is 13.5 Å². The Labute approximate surface area is 91.9 Å². The average Bonchev–Trinajstić information content (AvgIpc) is 2.61. The molecule has 1 N–H and O–H groups in total. The number of aliphatic hydroxyl groups excluding tert-OH is 1. The molecular weight excluding hydrogens is 216 g/mol. The van der Waals surface area contributed by atoms with Crippen molar-refractivity contribution in [1.29, 1.82) is 0 Å². The van der Waals surface area contributed by atoms with Crippen molar-refractivity contribution in [2.75, 3.05) is 26.7 Å². The van der Waals surface area contributed by atoms with Crippen molar-refractivity contribution >= 4 is 10.2 Å². The summed E-state index contributed by atoms with van der Waals surface area (Å²) in [6.45, 7) is 3.24. The minimum atomic E-state index is -3.34. The standard InChI is InChI=1S/C9H20N2O3S/c1-3-4-6-10(2)15(13,14)11-7-5-9(12)8-11/h9,12H,3-8H2,1-2H3/t9-/m0/s1. The Bertz CT molecular complexity index is 292. The largest absolute Gasteiger partial charge is 0.392 e. The van der Waals surface area contributed by atoms with E-state index in [1.807, 2.05) is 6.92 Å². The van der Waals surface area contributed by atoms with Crippen LogP contribution in [0, 0.1) is 0 Å². The lowest BCUT2D eigenvalue weighted by Crippen LogP contribution is -2.41. The molecule has 0 spiro atoms. The van der Waals surface area contributed by atoms with E-state index in [1.54, 1.807) is 7.05 Å². The van der Waals surface area contributed by atoms with E-state index >= 15 is 0 Å². The van der Waals surface area contributed by atoms with E-state index < -0.39 is 16.3 Å². The Balaban J connectivity index is 2.57. The summed E-state index contributed by atoms with van der Waals surface area (Å²) in [5.41, 5.74) is 0. The average molecular weight is 236 g/mol. The Morgan fingerprint density at radius 1 is 1.53 bits per heavy atom. The summed E-state index contributed by atoms with van der Waals surface area (Å²) in [7, 11) is -1.74. The predicted octanol–water partition coefficient (Wildman–Crippen LogP) is 0.0297. The van der Waals surface area contributed by atoms with Gasteiger partial charge in [0.1, 0.15) is 0 Å². The first kappa shape index (κ1) is 12.9. The van der Waals surface area contributed by atoms with Crippen LogP contribution in [0.15, 0.2) is 0 Å². The maximum atomic E-state index is 11.9. The highest BCUT2D eigenvalue weighted by atomic mass is 32.2. The fourth-order valence-corrected chi connectivity index (χ4v) is 3.06. The van der Waals surface area contributed by atoms with Gasteiger partial charge >= 0.3 is 0 Å². The number of unbranched alkanes of at least 4 members (excludes halogenated alkanes) is 1. The van der Waals surface area contributed by atoms with Gasteiger partial charge in [-0.1, -0.05) is 13.3 Å². The van der Waals surface area contributed by atoms with Gasteiger partial charge in [0.05, 0.1) is 6.10 Å². The first-order valence-corrected chi connectivity index (χ1v) is 6.77. The van der Waals surface area contributed by atoms with Crippen molar-refractivity contribution in [3.8, 4) is 0 Å². The Morgan fingerprint density at radius 2 is 2.20 bits per heavy atom. The van der Waals surface area contributed by atoms with Crippen molar-refractivity contribution in [3.05, 3.63) is 0 Å². The molecule has 0 aromatic rings. The minimum absolute atomic E-state index is 0.235. The van der Waals surface area contributed by atoms with Crippen LogP contribution in [0.2, 0.25) is 0 Å². The molecule has 1 aliphatic heterocycles. The topological polar surface area (TPSA) is 60.9 Å². The second-order valence-corrected chi connectivity index (χ2v) is 6.02. The Hall–Kier alpha value is -0.170. The first-order chi connectivity index (χ1) is 6.98. The molecule has 1 heterocycles. The normalized spacial score (nSPS) is 23.9. The molecule has 6 heteroatoms. The first-order valence-electron chi connectivity index (χ1n) is 5.38. The lowest BCUT2D eigenvalue weighted by Gasteiger charge is -2.23. The molecule has 1 saturated heterocycles. The van der Waals surface area contributed by atoms with E-state index in [0.717, 1.165) is 12.8 Å². The summed E-state index contributed by atoms with van der Waals surface area (Å²) in [5.74, 6) is 0. The molecule has 0 radical (unpaired) electrons. The van der Waals surface area contributed by atoms with Gasteiger partial charge in [-0.05, 0) is 12.8 Å². The van der Waals surface area contributed by atoms with Crippen LogP contribution in [0.4, 0.5) is 0 Å². The molecule has 5 nitrogen and oxygen atoms in total. The smallest absolute Gasteiger partial charge is 0.281 e. The lowest BCUT2D eigenvalue weighted by atomic mass is 10.3. The maximum absolute atomic E-state index is 11.9. The number of hydrogen-bond acceptors (Lipinski definition) is 3. The molecule has 1 atom stereocenters. The zero-order chi connectivity index (χ0) is 11.5. The molecule has 0 saturated carbocycles. The van der Waals surface area contributed by atoms with Crippen molar-refractivity contribution in [2.45, 2.75) is 32.3 Å². The van der Waals surface area contributed by atoms with Gasteiger partial charge in [0, 0.05) is 26.7 Å². The summed E-state index contributed by atoms with van der Waals surface area (Å²) in [6, 6.07) is 0. The Morgan fingerprint density at radius 3 is 2.67 bits per heavy atom. The zero-order valence-electron chi connectivity index (χ0n) is 9.39. The maximum Gasteiger partial charge on any atom is 0.281 e. The third-order valence-electron chi connectivity index (χ3n) is 2.67. The Kier molecular flexibility index (Phi) is 4.51. The highest BCUT2D eigenvalue weighted by Gasteiger charge is 2.32. The van der Waals surface area contributed by atoms with Crippen LogP contribution in [-0.2, 0) is 10.2 Å². The van der Waals surface area contributed by atoms with Gasteiger partial charge in [-0.2, -0.15) is 17.0 Å². The minimum Gasteiger partial charge on any atom is -0.392 e. The van der Waals surface area contributed by atoms with Crippen molar-refractivity contribution < 1.29 is 13.5 Å². The van der Waals surface area contributed by atoms with E-state index in [2.05, 4.69) is 0 Å². The summed E-state index contributed by atoms with van der Waals surface area (Å²) in [6.07, 6.45) is 1.88. The van der Waals surface area contributed by atoms with E-state index in [4.69, 9.17) is 0 Å². The molecule has 90 valence electrons. The third-order valence-corrected chi connectivity index (χ3v) is 4.63. The van der Waals surface area contributed by atoms with Crippen LogP contribution in [0.1, 0.15) is 26.2 Å². The van der Waals surface area contributed by atoms with Crippen LogP contribution < -0.4 is 0 Å². The number of hydrogen-bond donors (Lipinski definition) is 1. The lowest BCUT2D eigenvalue weighted by molar-refractivity contribution is 0.188. The number of β-amino-alcohol motifs (C(OH)–C–C–N with tert-alkyl or cyclic N) is 1. The van der Waals surface area contributed by atoms with Crippen LogP contribution in [-0.4, -0.2) is 54.9 Å². The molecule has 0 bridgehead atoms. The van der Waals surface area contributed by atoms with Crippen molar-refractivity contribution in [3.63, 3.8) is 0 Å². The van der Waals surface area contributed by atoms with Gasteiger partial charge in [-0.25, -0.2) is 0 Å². The summed E-state index contributed by atoms with van der Waals surface area (Å²) in [5, 5.41) is 9.30. The summed E-state index contributed by atoms with van der Waals surface area (Å²) >= 11 is 0. The summed E-state index contributed by atoms with van der Waals surface area (Å²) in [4.78, 5) is 0. The van der Waals surface area contributed by atoms with Crippen LogP contribution in [0.3, 0.4) is 0 Å². The zero-order valence-corrected chi connectivity index (χ0v) is 10.2. The highest BCUT2D eigenvalue weighted by Crippen LogP contribution is 2.16. The van der Waals surface area contributed by atoms with Gasteiger partial charge < -0.3 is 5.11 Å². The molecular formula is C9H20N2O3S. The fraction of sp³-hybridized carbons (Fsp3) is 1.00. The van der Waals surface area contributed by atoms with E-state index in [1.165, 1.54) is 8.61 Å². The molecule has 1 rings (SSSR count). The third kappa shape index (κ3) is 3.14. The number of aliphatic hydroxyl groups is 1. The van der Waals surface area contributed by atoms with Gasteiger partial charge in [-0.15, -0.1) is 0 Å². The number of nitrogens with zero attached hydrogens (tertiary/aromatic N) is 2. The van der Waals surface area contributed by atoms with Crippen LogP contribution in [0.5, 0.6) is 0 Å². The number of rotatable bonds is 5. The summed E-state index contributed by atoms with van der Waals surface area (Å²) < 4.78 is 26.6. The second kappa shape index (κ2) is 5.25. The van der Waals surface area contributed by atoms with Crippen LogP contribution >= 0.6 is 0 Å². The monoisotopic (exact) mass is 236 g/mol. The van der Waals surface area contributed by atoms with E-state index in [-0.39, 0.29) is 6.54 Å².